The van der Waals surface area contributed by atoms with Gasteiger partial charge in [-0.3, -0.25) is 4.79 Å². The second kappa shape index (κ2) is 5.69. The smallest absolute Gasteiger partial charge is 0.309 e. The molecule has 0 fully saturated rings. The molecular weight excluding hydrogens is 252 g/mol. The Kier molecular flexibility index (Phi) is 3.99. The summed E-state index contributed by atoms with van der Waals surface area (Å²) in [6, 6.07) is 7.71. The number of halogens is 1. The van der Waals surface area contributed by atoms with Crippen molar-refractivity contribution in [3.63, 3.8) is 0 Å². The first-order valence-electron chi connectivity index (χ1n) is 5.50. The van der Waals surface area contributed by atoms with E-state index in [0.29, 0.717) is 11.7 Å². The topological polar surface area (TPSA) is 44.1 Å². The van der Waals surface area contributed by atoms with Gasteiger partial charge in [0, 0.05) is 0 Å². The first-order valence-corrected chi connectivity index (χ1v) is 5.87. The Morgan fingerprint density at radius 3 is 2.72 bits per heavy atom. The average molecular weight is 265 g/mol. The monoisotopic (exact) mass is 264 g/mol. The molecule has 0 bridgehead atoms. The SMILES string of the molecule is COC(=O)Cc1ccccc1Cn1cncc1Cl. The number of esters is 1. The third-order valence-electron chi connectivity index (χ3n) is 2.68. The minimum atomic E-state index is -0.251. The second-order valence-corrected chi connectivity index (χ2v) is 4.25. The highest BCUT2D eigenvalue weighted by Crippen LogP contribution is 2.15. The number of methoxy groups -OCH3 is 1. The maximum atomic E-state index is 11.3. The van der Waals surface area contributed by atoms with E-state index >= 15 is 0 Å². The van der Waals surface area contributed by atoms with Gasteiger partial charge in [0.2, 0.25) is 0 Å². The number of nitrogens with zero attached hydrogens (tertiary/aromatic N) is 2. The van der Waals surface area contributed by atoms with Gasteiger partial charge in [0.1, 0.15) is 5.15 Å². The molecular formula is C13H13ClN2O2. The van der Waals surface area contributed by atoms with Crippen molar-refractivity contribution >= 4 is 17.6 Å². The molecule has 0 spiro atoms. The highest BCUT2D eigenvalue weighted by molar-refractivity contribution is 6.29. The third kappa shape index (κ3) is 2.90. The molecule has 0 amide bonds. The summed E-state index contributed by atoms with van der Waals surface area (Å²) in [6.45, 7) is 0.589. The van der Waals surface area contributed by atoms with Crippen LogP contribution in [0.3, 0.4) is 0 Å². The molecule has 0 radical (unpaired) electrons. The molecule has 2 rings (SSSR count). The summed E-state index contributed by atoms with van der Waals surface area (Å²) in [5, 5.41) is 0.572. The van der Waals surface area contributed by atoms with Crippen LogP contribution in [0.25, 0.3) is 0 Å². The molecule has 1 aromatic carbocycles. The van der Waals surface area contributed by atoms with Crippen molar-refractivity contribution < 1.29 is 9.53 Å². The van der Waals surface area contributed by atoms with Crippen molar-refractivity contribution in [2.45, 2.75) is 13.0 Å². The van der Waals surface area contributed by atoms with E-state index < -0.39 is 0 Å². The van der Waals surface area contributed by atoms with Gasteiger partial charge in [0.15, 0.2) is 0 Å². The van der Waals surface area contributed by atoms with Crippen LogP contribution >= 0.6 is 11.6 Å². The number of hydrogen-bond donors (Lipinski definition) is 0. The molecule has 1 heterocycles. The van der Waals surface area contributed by atoms with Crippen LogP contribution in [0.15, 0.2) is 36.8 Å². The van der Waals surface area contributed by atoms with Gasteiger partial charge in [0.25, 0.3) is 0 Å². The van der Waals surface area contributed by atoms with E-state index in [1.807, 2.05) is 28.8 Å². The van der Waals surface area contributed by atoms with E-state index in [9.17, 15) is 4.79 Å². The Morgan fingerprint density at radius 1 is 1.39 bits per heavy atom. The first kappa shape index (κ1) is 12.6. The summed E-state index contributed by atoms with van der Waals surface area (Å²) in [5.74, 6) is -0.251. The maximum absolute atomic E-state index is 11.3. The largest absolute Gasteiger partial charge is 0.469 e. The van der Waals surface area contributed by atoms with Crippen LogP contribution in [0.4, 0.5) is 0 Å². The van der Waals surface area contributed by atoms with Gasteiger partial charge < -0.3 is 9.30 Å². The fourth-order valence-corrected chi connectivity index (χ4v) is 1.88. The molecule has 0 aliphatic rings. The van der Waals surface area contributed by atoms with Crippen LogP contribution in [0.2, 0.25) is 5.15 Å². The Labute approximate surface area is 110 Å². The lowest BCUT2D eigenvalue weighted by molar-refractivity contribution is -0.139. The number of carbonyl (C=O) groups excluding carboxylic acids is 1. The summed E-state index contributed by atoms with van der Waals surface area (Å²) in [4.78, 5) is 15.3. The highest BCUT2D eigenvalue weighted by Gasteiger charge is 2.09. The molecule has 0 aliphatic carbocycles. The molecule has 18 heavy (non-hydrogen) atoms. The summed E-state index contributed by atoms with van der Waals surface area (Å²) >= 11 is 5.98. The van der Waals surface area contributed by atoms with E-state index in [2.05, 4.69) is 9.72 Å². The molecule has 0 unspecified atom stereocenters. The predicted octanol–water partition coefficient (Wildman–Crippen LogP) is 2.30. The van der Waals surface area contributed by atoms with Crippen molar-refractivity contribution in [1.82, 2.24) is 9.55 Å². The van der Waals surface area contributed by atoms with Crippen LogP contribution in [-0.4, -0.2) is 22.6 Å². The third-order valence-corrected chi connectivity index (χ3v) is 3.00. The first-order chi connectivity index (χ1) is 8.70. The summed E-state index contributed by atoms with van der Waals surface area (Å²) in [7, 11) is 1.39. The zero-order valence-corrected chi connectivity index (χ0v) is 10.7. The molecule has 2 aromatic rings. The van der Waals surface area contributed by atoms with E-state index in [1.54, 1.807) is 12.5 Å². The lowest BCUT2D eigenvalue weighted by Crippen LogP contribution is -2.08. The summed E-state index contributed by atoms with van der Waals surface area (Å²) in [6.07, 6.45) is 3.51. The van der Waals surface area contributed by atoms with Crippen LogP contribution in [-0.2, 0) is 22.5 Å². The normalized spacial score (nSPS) is 10.3. The molecule has 0 atom stereocenters. The van der Waals surface area contributed by atoms with Gasteiger partial charge in [-0.25, -0.2) is 4.98 Å². The molecule has 5 heteroatoms. The predicted molar refractivity (Wildman–Crippen MR) is 68.5 cm³/mol. The minimum absolute atomic E-state index is 0.251. The van der Waals surface area contributed by atoms with Crippen LogP contribution in [0, 0.1) is 0 Å². The molecule has 0 saturated carbocycles. The van der Waals surface area contributed by atoms with Gasteiger partial charge in [0.05, 0.1) is 32.6 Å². The lowest BCUT2D eigenvalue weighted by Gasteiger charge is -2.09. The van der Waals surface area contributed by atoms with E-state index in [4.69, 9.17) is 11.6 Å². The number of aromatic nitrogens is 2. The van der Waals surface area contributed by atoms with E-state index in [0.717, 1.165) is 11.1 Å². The number of carbonyl (C=O) groups is 1. The molecule has 1 aromatic heterocycles. The van der Waals surface area contributed by atoms with Gasteiger partial charge in [-0.1, -0.05) is 35.9 Å². The van der Waals surface area contributed by atoms with Gasteiger partial charge >= 0.3 is 5.97 Å². The van der Waals surface area contributed by atoms with Crippen molar-refractivity contribution in [2.24, 2.45) is 0 Å². The van der Waals surface area contributed by atoms with Crippen LogP contribution < -0.4 is 0 Å². The van der Waals surface area contributed by atoms with E-state index in [-0.39, 0.29) is 12.4 Å². The number of benzene rings is 1. The number of ether oxygens (including phenoxy) is 1. The van der Waals surface area contributed by atoms with Crippen molar-refractivity contribution in [3.8, 4) is 0 Å². The van der Waals surface area contributed by atoms with Crippen LogP contribution in [0.1, 0.15) is 11.1 Å². The zero-order valence-electron chi connectivity index (χ0n) is 9.97. The molecule has 0 saturated heterocycles. The Hall–Kier alpha value is -1.81. The molecule has 94 valence electrons. The fourth-order valence-electron chi connectivity index (χ4n) is 1.72. The van der Waals surface area contributed by atoms with Gasteiger partial charge in [-0.05, 0) is 11.1 Å². The Morgan fingerprint density at radius 2 is 2.11 bits per heavy atom. The lowest BCUT2D eigenvalue weighted by atomic mass is 10.0. The second-order valence-electron chi connectivity index (χ2n) is 3.87. The Bertz CT molecular complexity index is 551. The number of rotatable bonds is 4. The zero-order chi connectivity index (χ0) is 13.0. The highest BCUT2D eigenvalue weighted by atomic mass is 35.5. The average Bonchev–Trinajstić information content (AvgIpc) is 2.77. The van der Waals surface area contributed by atoms with Crippen molar-refractivity contribution in [3.05, 3.63) is 53.1 Å². The molecule has 0 aliphatic heterocycles. The van der Waals surface area contributed by atoms with Crippen LogP contribution in [0.5, 0.6) is 0 Å². The quantitative estimate of drug-likeness (QED) is 0.796. The van der Waals surface area contributed by atoms with Gasteiger partial charge in [-0.15, -0.1) is 0 Å². The van der Waals surface area contributed by atoms with Gasteiger partial charge in [-0.2, -0.15) is 0 Å². The minimum Gasteiger partial charge on any atom is -0.469 e. The fraction of sp³-hybridized carbons (Fsp3) is 0.231. The van der Waals surface area contributed by atoms with Crippen molar-refractivity contribution in [2.75, 3.05) is 7.11 Å². The van der Waals surface area contributed by atoms with E-state index in [1.165, 1.54) is 7.11 Å². The summed E-state index contributed by atoms with van der Waals surface area (Å²) in [5.41, 5.74) is 1.97. The molecule has 0 N–H and O–H groups in total. The maximum Gasteiger partial charge on any atom is 0.309 e. The summed E-state index contributed by atoms with van der Waals surface area (Å²) < 4.78 is 6.50. The van der Waals surface area contributed by atoms with Crippen molar-refractivity contribution in [1.29, 1.82) is 0 Å². The number of imidazole rings is 1. The Balaban J connectivity index is 2.22. The molecule has 4 nitrogen and oxygen atoms in total. The standard InChI is InChI=1S/C13H13ClN2O2/c1-18-13(17)6-10-4-2-3-5-11(10)8-16-9-15-7-12(16)14/h2-5,7,9H,6,8H2,1H3. The number of hydrogen-bond acceptors (Lipinski definition) is 3.